The third-order valence-electron chi connectivity index (χ3n) is 3.95. The van der Waals surface area contributed by atoms with E-state index in [0.29, 0.717) is 5.92 Å². The Balaban J connectivity index is 1.93. The van der Waals surface area contributed by atoms with Crippen LogP contribution in [-0.2, 0) is 4.74 Å². The molecule has 0 aromatic heterocycles. The van der Waals surface area contributed by atoms with Gasteiger partial charge in [-0.1, -0.05) is 35.0 Å². The number of nitrogens with one attached hydrogen (secondary N) is 1. The van der Waals surface area contributed by atoms with Crippen molar-refractivity contribution in [3.05, 3.63) is 34.3 Å². The minimum absolute atomic E-state index is 0.154. The van der Waals surface area contributed by atoms with E-state index in [1.807, 2.05) is 6.07 Å². The topological polar surface area (TPSA) is 41.5 Å². The highest BCUT2D eigenvalue weighted by Gasteiger charge is 2.31. The van der Waals surface area contributed by atoms with Crippen molar-refractivity contribution in [2.24, 2.45) is 0 Å². The number of aliphatic hydroxyl groups excluding tert-OH is 1. The van der Waals surface area contributed by atoms with Crippen LogP contribution in [-0.4, -0.2) is 37.0 Å². The second kappa shape index (κ2) is 6.84. The minimum Gasteiger partial charge on any atom is -0.394 e. The molecule has 0 unspecified atom stereocenters. The Labute approximate surface area is 123 Å². The van der Waals surface area contributed by atoms with Crippen LogP contribution in [0.3, 0.4) is 0 Å². The Hall–Kier alpha value is -0.420. The van der Waals surface area contributed by atoms with Gasteiger partial charge >= 0.3 is 0 Å². The zero-order valence-corrected chi connectivity index (χ0v) is 12.9. The molecule has 0 radical (unpaired) electrons. The highest BCUT2D eigenvalue weighted by atomic mass is 79.9. The molecule has 106 valence electrons. The lowest BCUT2D eigenvalue weighted by atomic mass is 9.89. The first-order chi connectivity index (χ1) is 9.15. The molecule has 1 aromatic carbocycles. The molecule has 0 bridgehead atoms. The van der Waals surface area contributed by atoms with E-state index in [1.54, 1.807) is 0 Å². The molecule has 19 heavy (non-hydrogen) atoms. The zero-order valence-electron chi connectivity index (χ0n) is 11.4. The average Bonchev–Trinajstić information content (AvgIpc) is 2.46. The van der Waals surface area contributed by atoms with Crippen LogP contribution in [0.2, 0.25) is 0 Å². The second-order valence-electron chi connectivity index (χ2n) is 5.39. The predicted molar refractivity (Wildman–Crippen MR) is 80.4 cm³/mol. The van der Waals surface area contributed by atoms with Crippen molar-refractivity contribution in [1.29, 1.82) is 0 Å². The van der Waals surface area contributed by atoms with Gasteiger partial charge in [0.05, 0.1) is 6.61 Å². The van der Waals surface area contributed by atoms with E-state index in [2.05, 4.69) is 46.4 Å². The van der Waals surface area contributed by atoms with E-state index in [-0.39, 0.29) is 12.1 Å². The summed E-state index contributed by atoms with van der Waals surface area (Å²) in [4.78, 5) is 0. The van der Waals surface area contributed by atoms with Crippen molar-refractivity contribution >= 4 is 15.9 Å². The Morgan fingerprint density at radius 3 is 2.79 bits per heavy atom. The van der Waals surface area contributed by atoms with Crippen molar-refractivity contribution in [2.45, 2.75) is 31.2 Å². The first-order valence-electron chi connectivity index (χ1n) is 6.84. The van der Waals surface area contributed by atoms with Crippen LogP contribution in [0, 0.1) is 0 Å². The molecule has 4 heteroatoms. The van der Waals surface area contributed by atoms with E-state index >= 15 is 0 Å². The molecule has 0 amide bonds. The van der Waals surface area contributed by atoms with Gasteiger partial charge in [-0.15, -0.1) is 0 Å². The van der Waals surface area contributed by atoms with Crippen molar-refractivity contribution in [2.75, 3.05) is 26.4 Å². The van der Waals surface area contributed by atoms with Gasteiger partial charge in [-0.05, 0) is 36.5 Å². The summed E-state index contributed by atoms with van der Waals surface area (Å²) in [7, 11) is 0. The van der Waals surface area contributed by atoms with Crippen LogP contribution in [0.15, 0.2) is 28.7 Å². The maximum Gasteiger partial charge on any atom is 0.0615 e. The summed E-state index contributed by atoms with van der Waals surface area (Å²) in [5.74, 6) is 0.420. The molecular weight excluding hydrogens is 306 g/mol. The summed E-state index contributed by atoms with van der Waals surface area (Å²) in [5.41, 5.74) is 1.15. The number of benzene rings is 1. The van der Waals surface area contributed by atoms with Crippen LogP contribution in [0.5, 0.6) is 0 Å². The van der Waals surface area contributed by atoms with Gasteiger partial charge in [0.15, 0.2) is 0 Å². The van der Waals surface area contributed by atoms with Crippen molar-refractivity contribution in [3.63, 3.8) is 0 Å². The molecule has 2 rings (SSSR count). The van der Waals surface area contributed by atoms with Crippen LogP contribution in [0.1, 0.15) is 31.2 Å². The molecule has 2 N–H and O–H groups in total. The highest BCUT2D eigenvalue weighted by molar-refractivity contribution is 9.10. The lowest BCUT2D eigenvalue weighted by Gasteiger charge is -2.37. The van der Waals surface area contributed by atoms with E-state index in [4.69, 9.17) is 4.74 Å². The molecule has 0 spiro atoms. The SMILES string of the molecule is C[C@H](CNC1(CO)CCOCC1)c1cccc(Br)c1. The van der Waals surface area contributed by atoms with Gasteiger partial charge < -0.3 is 15.2 Å². The van der Waals surface area contributed by atoms with Crippen LogP contribution < -0.4 is 5.32 Å². The van der Waals surface area contributed by atoms with Crippen LogP contribution in [0.4, 0.5) is 0 Å². The highest BCUT2D eigenvalue weighted by Crippen LogP contribution is 2.23. The van der Waals surface area contributed by atoms with Gasteiger partial charge in [0.25, 0.3) is 0 Å². The van der Waals surface area contributed by atoms with Gasteiger partial charge in [-0.25, -0.2) is 0 Å². The number of rotatable bonds is 5. The van der Waals surface area contributed by atoms with E-state index in [0.717, 1.165) is 37.1 Å². The van der Waals surface area contributed by atoms with Crippen molar-refractivity contribution in [3.8, 4) is 0 Å². The lowest BCUT2D eigenvalue weighted by molar-refractivity contribution is 0.0116. The standard InChI is InChI=1S/C15H22BrNO2/c1-12(13-3-2-4-14(16)9-13)10-17-15(11-18)5-7-19-8-6-15/h2-4,9,12,17-18H,5-8,10-11H2,1H3/t12-/m1/s1. The molecule has 1 aromatic rings. The number of aliphatic hydroxyl groups is 1. The molecule has 1 aliphatic rings. The van der Waals surface area contributed by atoms with Crippen molar-refractivity contribution in [1.82, 2.24) is 5.32 Å². The maximum absolute atomic E-state index is 9.64. The Morgan fingerprint density at radius 2 is 2.16 bits per heavy atom. The summed E-state index contributed by atoms with van der Waals surface area (Å²) in [6.45, 7) is 4.73. The van der Waals surface area contributed by atoms with E-state index in [9.17, 15) is 5.11 Å². The molecule has 1 atom stereocenters. The Bertz CT molecular complexity index is 405. The number of hydrogen-bond acceptors (Lipinski definition) is 3. The molecule has 1 fully saturated rings. The Kier molecular flexibility index (Phi) is 5.39. The summed E-state index contributed by atoms with van der Waals surface area (Å²) in [5, 5.41) is 13.2. The maximum atomic E-state index is 9.64. The van der Waals surface area contributed by atoms with Gasteiger partial charge in [-0.2, -0.15) is 0 Å². The summed E-state index contributed by atoms with van der Waals surface area (Å²) < 4.78 is 6.49. The first kappa shape index (κ1) is 15.0. The zero-order chi connectivity index (χ0) is 13.7. The number of halogens is 1. The fourth-order valence-electron chi connectivity index (χ4n) is 2.45. The fraction of sp³-hybridized carbons (Fsp3) is 0.600. The van der Waals surface area contributed by atoms with E-state index < -0.39 is 0 Å². The van der Waals surface area contributed by atoms with Crippen LogP contribution >= 0.6 is 15.9 Å². The first-order valence-corrected chi connectivity index (χ1v) is 7.64. The molecule has 1 saturated heterocycles. The quantitative estimate of drug-likeness (QED) is 0.873. The molecule has 3 nitrogen and oxygen atoms in total. The third-order valence-corrected chi connectivity index (χ3v) is 4.45. The smallest absolute Gasteiger partial charge is 0.0615 e. The molecule has 0 aliphatic carbocycles. The summed E-state index contributed by atoms with van der Waals surface area (Å²) in [6, 6.07) is 8.40. The second-order valence-corrected chi connectivity index (χ2v) is 6.30. The van der Waals surface area contributed by atoms with Gasteiger partial charge in [0, 0.05) is 29.8 Å². The van der Waals surface area contributed by atoms with Gasteiger partial charge in [0.2, 0.25) is 0 Å². The third kappa shape index (κ3) is 4.02. The average molecular weight is 328 g/mol. The lowest BCUT2D eigenvalue weighted by Crippen LogP contribution is -2.53. The largest absolute Gasteiger partial charge is 0.394 e. The fourth-order valence-corrected chi connectivity index (χ4v) is 2.87. The molecular formula is C15H22BrNO2. The number of ether oxygens (including phenoxy) is 1. The molecule has 1 heterocycles. The molecule has 0 saturated carbocycles. The van der Waals surface area contributed by atoms with E-state index in [1.165, 1.54) is 5.56 Å². The minimum atomic E-state index is -0.154. The Morgan fingerprint density at radius 1 is 1.42 bits per heavy atom. The van der Waals surface area contributed by atoms with Gasteiger partial charge in [0.1, 0.15) is 0 Å². The molecule has 1 aliphatic heterocycles. The van der Waals surface area contributed by atoms with Gasteiger partial charge in [-0.3, -0.25) is 0 Å². The van der Waals surface area contributed by atoms with Crippen molar-refractivity contribution < 1.29 is 9.84 Å². The summed E-state index contributed by atoms with van der Waals surface area (Å²) in [6.07, 6.45) is 1.77. The predicted octanol–water partition coefficient (Wildman–Crippen LogP) is 2.68. The monoisotopic (exact) mass is 327 g/mol. The normalized spacial score (nSPS) is 20.2. The summed E-state index contributed by atoms with van der Waals surface area (Å²) >= 11 is 3.51. The van der Waals surface area contributed by atoms with Crippen LogP contribution in [0.25, 0.3) is 0 Å². The number of hydrogen-bond donors (Lipinski definition) is 2.